The fourth-order valence-electron chi connectivity index (χ4n) is 3.00. The van der Waals surface area contributed by atoms with Crippen LogP contribution in [0.4, 0.5) is 5.69 Å². The summed E-state index contributed by atoms with van der Waals surface area (Å²) in [6.45, 7) is 1.93. The third kappa shape index (κ3) is 5.73. The molecule has 31 heavy (non-hydrogen) atoms. The van der Waals surface area contributed by atoms with Gasteiger partial charge in [0, 0.05) is 23.8 Å². The maximum Gasteiger partial charge on any atom is 0.334 e. The van der Waals surface area contributed by atoms with Gasteiger partial charge < -0.3 is 4.74 Å². The van der Waals surface area contributed by atoms with Crippen LogP contribution in [0.3, 0.4) is 0 Å². The van der Waals surface area contributed by atoms with E-state index in [4.69, 9.17) is 4.74 Å². The number of ether oxygens (including phenoxy) is 1. The van der Waals surface area contributed by atoms with Crippen LogP contribution >= 0.6 is 0 Å². The number of esters is 1. The lowest BCUT2D eigenvalue weighted by Gasteiger charge is -2.08. The molecule has 0 saturated heterocycles. The smallest absolute Gasteiger partial charge is 0.334 e. The Balaban J connectivity index is 2.00. The van der Waals surface area contributed by atoms with Gasteiger partial charge in [0.05, 0.1) is 33.0 Å². The molecule has 0 saturated carbocycles. The van der Waals surface area contributed by atoms with Crippen LogP contribution in [0.1, 0.15) is 17.5 Å². The van der Waals surface area contributed by atoms with Crippen LogP contribution in [0.15, 0.2) is 99.0 Å². The first kappa shape index (κ1) is 22.1. The molecule has 5 heteroatoms. The van der Waals surface area contributed by atoms with E-state index in [0.29, 0.717) is 33.7 Å². The zero-order valence-corrected chi connectivity index (χ0v) is 18.5. The van der Waals surface area contributed by atoms with Gasteiger partial charge in [0.2, 0.25) is 0 Å². The Bertz CT molecular complexity index is 1320. The number of rotatable bonds is 3. The first-order chi connectivity index (χ1) is 14.9. The van der Waals surface area contributed by atoms with Crippen LogP contribution in [-0.2, 0) is 19.3 Å². The Morgan fingerprint density at radius 3 is 2.61 bits per heavy atom. The molecule has 0 heterocycles. The fraction of sp³-hybridized carbons (Fsp3) is 0.154. The summed E-state index contributed by atoms with van der Waals surface area (Å²) in [5.41, 5.74) is 6.42. The monoisotopic (exact) mass is 429 g/mol. The van der Waals surface area contributed by atoms with E-state index in [1.54, 1.807) is 30.6 Å². The third-order valence-corrected chi connectivity index (χ3v) is 6.43. The van der Waals surface area contributed by atoms with E-state index in [1.165, 1.54) is 7.11 Å². The number of allylic oxidation sites excluding steroid dienone is 4. The molecule has 2 aromatic rings. The first-order valence-electron chi connectivity index (χ1n) is 9.69. The van der Waals surface area contributed by atoms with E-state index in [9.17, 15) is 9.00 Å². The van der Waals surface area contributed by atoms with Gasteiger partial charge in [0.25, 0.3) is 0 Å². The van der Waals surface area contributed by atoms with Crippen molar-refractivity contribution >= 4 is 21.4 Å². The number of methoxy groups -OCH3 is 1. The Labute approximate surface area is 183 Å². The van der Waals surface area contributed by atoms with Gasteiger partial charge in [-0.3, -0.25) is 0 Å². The first-order valence-corrected chi connectivity index (χ1v) is 11.6. The van der Waals surface area contributed by atoms with Crippen LogP contribution in [-0.4, -0.2) is 23.5 Å². The molecule has 1 aliphatic rings. The van der Waals surface area contributed by atoms with Crippen LogP contribution < -0.4 is 0 Å². The van der Waals surface area contributed by atoms with Gasteiger partial charge in [-0.1, -0.05) is 48.2 Å². The van der Waals surface area contributed by atoms with Crippen molar-refractivity contribution < 1.29 is 13.7 Å². The lowest BCUT2D eigenvalue weighted by Crippen LogP contribution is -2.03. The lowest BCUT2D eigenvalue weighted by atomic mass is 10.1. The summed E-state index contributed by atoms with van der Waals surface area (Å²) in [5, 5.41) is 0. The van der Waals surface area contributed by atoms with Gasteiger partial charge in [-0.05, 0) is 48.9 Å². The average molecular weight is 430 g/mol. The van der Waals surface area contributed by atoms with Crippen molar-refractivity contribution in [2.45, 2.75) is 18.2 Å². The molecule has 0 aromatic heterocycles. The maximum absolute atomic E-state index is 13.4. The molecule has 156 valence electrons. The third-order valence-electron chi connectivity index (χ3n) is 4.61. The standard InChI is InChI=1S/C26H23NO3S/c1-20-10-4-9-15-25(20)31(3,29)27-24-14-8-7-12-22(24)18-16-21-11-5-6-13-23(19-17-21)26(28)30-2/h4,6-12,14-15,17,19H,13H2,1-3H3/b21-17+,23-19+. The maximum atomic E-state index is 13.4. The van der Waals surface area contributed by atoms with Crippen LogP contribution in [0.25, 0.3) is 0 Å². The summed E-state index contributed by atoms with van der Waals surface area (Å²) in [6, 6.07) is 14.9. The molecule has 0 fully saturated rings. The molecule has 2 aromatic carbocycles. The van der Waals surface area contributed by atoms with Gasteiger partial charge in [-0.15, -0.1) is 5.73 Å². The highest BCUT2D eigenvalue weighted by Crippen LogP contribution is 2.24. The number of carbonyl (C=O) groups excluding carboxylic acids is 1. The van der Waals surface area contributed by atoms with E-state index in [0.717, 1.165) is 5.56 Å². The van der Waals surface area contributed by atoms with Gasteiger partial charge >= 0.3 is 5.97 Å². The molecule has 0 N–H and O–H groups in total. The lowest BCUT2D eigenvalue weighted by molar-refractivity contribution is -0.136. The number of hydrogen-bond acceptors (Lipinski definition) is 4. The second kappa shape index (κ2) is 9.95. The second-order valence-corrected chi connectivity index (χ2v) is 9.18. The van der Waals surface area contributed by atoms with Crippen LogP contribution in [0.2, 0.25) is 0 Å². The van der Waals surface area contributed by atoms with E-state index in [2.05, 4.69) is 21.9 Å². The summed E-state index contributed by atoms with van der Waals surface area (Å²) >= 11 is 0. The number of hydrogen-bond donors (Lipinski definition) is 0. The number of aryl methyl sites for hydroxylation is 1. The van der Waals surface area contributed by atoms with Gasteiger partial charge in [0.15, 0.2) is 0 Å². The quantitative estimate of drug-likeness (QED) is 0.379. The van der Waals surface area contributed by atoms with Gasteiger partial charge in [0.1, 0.15) is 0 Å². The molecule has 0 aliphatic heterocycles. The molecule has 1 aliphatic carbocycles. The van der Waals surface area contributed by atoms with Crippen molar-refractivity contribution in [2.24, 2.45) is 4.36 Å². The summed E-state index contributed by atoms with van der Waals surface area (Å²) in [4.78, 5) is 12.5. The Hall–Kier alpha value is -3.58. The minimum Gasteiger partial charge on any atom is -0.466 e. The molecule has 0 bridgehead atoms. The highest BCUT2D eigenvalue weighted by molar-refractivity contribution is 7.93. The van der Waals surface area contributed by atoms with Crippen molar-refractivity contribution in [2.75, 3.05) is 13.4 Å². The summed E-state index contributed by atoms with van der Waals surface area (Å²) in [7, 11) is -1.28. The second-order valence-electron chi connectivity index (χ2n) is 6.95. The molecule has 4 nitrogen and oxygen atoms in total. The molecule has 0 amide bonds. The van der Waals surface area contributed by atoms with Crippen molar-refractivity contribution in [3.63, 3.8) is 0 Å². The predicted octanol–water partition coefficient (Wildman–Crippen LogP) is 5.28. The van der Waals surface area contributed by atoms with Gasteiger partial charge in [-0.2, -0.15) is 4.36 Å². The summed E-state index contributed by atoms with van der Waals surface area (Å²) < 4.78 is 22.7. The van der Waals surface area contributed by atoms with E-state index >= 15 is 0 Å². The van der Waals surface area contributed by atoms with Crippen molar-refractivity contribution in [1.29, 1.82) is 0 Å². The van der Waals surface area contributed by atoms with E-state index in [-0.39, 0.29) is 5.97 Å². The van der Waals surface area contributed by atoms with Crippen molar-refractivity contribution in [1.82, 2.24) is 0 Å². The van der Waals surface area contributed by atoms with Crippen LogP contribution in [0.5, 0.6) is 0 Å². The zero-order valence-electron chi connectivity index (χ0n) is 17.7. The van der Waals surface area contributed by atoms with Gasteiger partial charge in [-0.25, -0.2) is 9.00 Å². The average Bonchev–Trinajstić information content (AvgIpc) is 2.73. The largest absolute Gasteiger partial charge is 0.466 e. The fourth-order valence-corrected chi connectivity index (χ4v) is 4.63. The van der Waals surface area contributed by atoms with Crippen molar-refractivity contribution in [3.8, 4) is 11.8 Å². The minimum absolute atomic E-state index is 0.374. The molecular weight excluding hydrogens is 406 g/mol. The highest BCUT2D eigenvalue weighted by Gasteiger charge is 2.10. The summed E-state index contributed by atoms with van der Waals surface area (Å²) in [5.74, 6) is 5.82. The Kier molecular flexibility index (Phi) is 7.10. The Morgan fingerprint density at radius 1 is 1.10 bits per heavy atom. The SMILES string of the molecule is COC(=O)/C1=C/C=C(/C#Cc2ccccc2N=S(C)(=O)c2ccccc2C)C=C=CC1. The minimum atomic E-state index is -2.63. The zero-order chi connectivity index (χ0) is 22.3. The van der Waals surface area contributed by atoms with E-state index < -0.39 is 9.73 Å². The molecular formula is C26H23NO3S. The molecule has 1 unspecified atom stereocenters. The number of carbonyl (C=O) groups is 1. The number of benzene rings is 2. The normalized spacial score (nSPS) is 18.0. The molecule has 0 radical (unpaired) electrons. The van der Waals surface area contributed by atoms with Crippen LogP contribution in [0, 0.1) is 18.8 Å². The molecule has 3 rings (SSSR count). The Morgan fingerprint density at radius 2 is 1.84 bits per heavy atom. The molecule has 0 spiro atoms. The topological polar surface area (TPSA) is 55.7 Å². The van der Waals surface area contributed by atoms with Crippen molar-refractivity contribution in [3.05, 3.63) is 101 Å². The summed E-state index contributed by atoms with van der Waals surface area (Å²) in [6.07, 6.45) is 9.07. The predicted molar refractivity (Wildman–Crippen MR) is 124 cm³/mol. The highest BCUT2D eigenvalue weighted by atomic mass is 32.2. The molecule has 1 atom stereocenters. The van der Waals surface area contributed by atoms with E-state index in [1.807, 2.05) is 55.5 Å². The number of nitrogens with zero attached hydrogens (tertiary/aromatic N) is 1.